The zero-order valence-corrected chi connectivity index (χ0v) is 16.5. The second-order valence-electron chi connectivity index (χ2n) is 6.69. The Hall–Kier alpha value is -2.68. The average molecular weight is 419 g/mol. The number of aliphatic hydroxyl groups excluding tert-OH is 1. The number of rotatable bonds is 6. The van der Waals surface area contributed by atoms with Crippen LogP contribution in [-0.4, -0.2) is 39.7 Å². The maximum Gasteiger partial charge on any atom is 0.229 e. The molecule has 2 heterocycles. The van der Waals surface area contributed by atoms with Crippen molar-refractivity contribution >= 4 is 23.2 Å². The summed E-state index contributed by atoms with van der Waals surface area (Å²) in [5.41, 5.74) is 2.55. The van der Waals surface area contributed by atoms with Crippen LogP contribution < -0.4 is 10.1 Å². The number of aliphatic hydroxyl groups is 1. The molecule has 0 fully saturated rings. The molecule has 2 N–H and O–H groups in total. The summed E-state index contributed by atoms with van der Waals surface area (Å²) in [6, 6.07) is 9.68. The first-order valence-electron chi connectivity index (χ1n) is 9.14. The Bertz CT molecular complexity index is 1010. The van der Waals surface area contributed by atoms with E-state index in [-0.39, 0.29) is 25.1 Å². The predicted octanol–water partition coefficient (Wildman–Crippen LogP) is 3.61. The number of ether oxygens (including phenoxy) is 2. The number of hydrogen-bond acceptors (Lipinski definition) is 6. The SMILES string of the molecule is Cc1cc(Cl)c(OCCO)cc1Nc1nnc2n1[C@H](c1ccc(F)cc1)COC2. The fourth-order valence-corrected chi connectivity index (χ4v) is 3.55. The molecule has 29 heavy (non-hydrogen) atoms. The first kappa shape index (κ1) is 19.6. The molecule has 9 heteroatoms. The summed E-state index contributed by atoms with van der Waals surface area (Å²) in [7, 11) is 0. The van der Waals surface area contributed by atoms with Crippen LogP contribution in [-0.2, 0) is 11.3 Å². The normalized spacial score (nSPS) is 15.8. The molecule has 0 saturated heterocycles. The van der Waals surface area contributed by atoms with Crippen LogP contribution in [0, 0.1) is 12.7 Å². The van der Waals surface area contributed by atoms with Crippen molar-refractivity contribution in [2.24, 2.45) is 0 Å². The van der Waals surface area contributed by atoms with Crippen molar-refractivity contribution in [2.45, 2.75) is 19.6 Å². The maximum atomic E-state index is 13.3. The molecule has 1 aliphatic heterocycles. The van der Waals surface area contributed by atoms with Crippen molar-refractivity contribution in [1.29, 1.82) is 0 Å². The summed E-state index contributed by atoms with van der Waals surface area (Å²) in [4.78, 5) is 0. The van der Waals surface area contributed by atoms with Crippen molar-refractivity contribution in [1.82, 2.24) is 14.8 Å². The van der Waals surface area contributed by atoms with E-state index >= 15 is 0 Å². The van der Waals surface area contributed by atoms with Gasteiger partial charge < -0.3 is 19.9 Å². The number of anilines is 2. The zero-order chi connectivity index (χ0) is 20.4. The Kier molecular flexibility index (Phi) is 5.66. The lowest BCUT2D eigenvalue weighted by atomic mass is 10.1. The van der Waals surface area contributed by atoms with Gasteiger partial charge in [0.1, 0.15) is 24.8 Å². The van der Waals surface area contributed by atoms with E-state index in [4.69, 9.17) is 26.2 Å². The third-order valence-electron chi connectivity index (χ3n) is 4.71. The van der Waals surface area contributed by atoms with E-state index in [1.54, 1.807) is 24.3 Å². The van der Waals surface area contributed by atoms with E-state index in [1.807, 2.05) is 11.5 Å². The lowest BCUT2D eigenvalue weighted by molar-refractivity contribution is 0.0670. The summed E-state index contributed by atoms with van der Waals surface area (Å²) >= 11 is 6.24. The molecule has 1 atom stereocenters. The summed E-state index contributed by atoms with van der Waals surface area (Å²) in [5, 5.41) is 21.3. The first-order chi connectivity index (χ1) is 14.1. The number of aryl methyl sites for hydroxylation is 1. The molecule has 4 rings (SSSR count). The molecule has 3 aromatic rings. The van der Waals surface area contributed by atoms with Crippen molar-refractivity contribution in [3.8, 4) is 5.75 Å². The second-order valence-corrected chi connectivity index (χ2v) is 7.09. The highest BCUT2D eigenvalue weighted by atomic mass is 35.5. The number of nitrogens with one attached hydrogen (secondary N) is 1. The monoisotopic (exact) mass is 418 g/mol. The smallest absolute Gasteiger partial charge is 0.229 e. The number of fused-ring (bicyclic) bond motifs is 1. The number of nitrogens with zero attached hydrogens (tertiary/aromatic N) is 3. The molecule has 2 aromatic carbocycles. The predicted molar refractivity (Wildman–Crippen MR) is 106 cm³/mol. The van der Waals surface area contributed by atoms with E-state index in [1.165, 1.54) is 12.1 Å². The van der Waals surface area contributed by atoms with Gasteiger partial charge in [0.15, 0.2) is 5.82 Å². The third kappa shape index (κ3) is 4.05. The largest absolute Gasteiger partial charge is 0.490 e. The van der Waals surface area contributed by atoms with Gasteiger partial charge in [0.2, 0.25) is 5.95 Å². The Morgan fingerprint density at radius 3 is 2.86 bits per heavy atom. The summed E-state index contributed by atoms with van der Waals surface area (Å²) in [6.45, 7) is 2.72. The van der Waals surface area contributed by atoms with Gasteiger partial charge in [0.25, 0.3) is 0 Å². The third-order valence-corrected chi connectivity index (χ3v) is 5.01. The van der Waals surface area contributed by atoms with E-state index in [0.717, 1.165) is 16.8 Å². The topological polar surface area (TPSA) is 81.4 Å². The lowest BCUT2D eigenvalue weighted by Gasteiger charge is -2.27. The number of hydrogen-bond donors (Lipinski definition) is 2. The van der Waals surface area contributed by atoms with Gasteiger partial charge in [-0.25, -0.2) is 4.39 Å². The van der Waals surface area contributed by atoms with Gasteiger partial charge in [0, 0.05) is 11.8 Å². The highest BCUT2D eigenvalue weighted by molar-refractivity contribution is 6.32. The minimum absolute atomic E-state index is 0.107. The van der Waals surface area contributed by atoms with Crippen LogP contribution in [0.15, 0.2) is 36.4 Å². The van der Waals surface area contributed by atoms with Gasteiger partial charge in [0.05, 0.1) is 24.3 Å². The zero-order valence-electron chi connectivity index (χ0n) is 15.7. The molecule has 0 aliphatic carbocycles. The fraction of sp³-hybridized carbons (Fsp3) is 0.300. The Balaban J connectivity index is 1.68. The van der Waals surface area contributed by atoms with E-state index in [9.17, 15) is 4.39 Å². The molecule has 0 bridgehead atoms. The Morgan fingerprint density at radius 2 is 2.10 bits per heavy atom. The lowest BCUT2D eigenvalue weighted by Crippen LogP contribution is -2.25. The van der Waals surface area contributed by atoms with Crippen LogP contribution in [0.5, 0.6) is 5.75 Å². The fourth-order valence-electron chi connectivity index (χ4n) is 3.28. The van der Waals surface area contributed by atoms with Crippen LogP contribution in [0.3, 0.4) is 0 Å². The van der Waals surface area contributed by atoms with Crippen LogP contribution >= 0.6 is 11.6 Å². The van der Waals surface area contributed by atoms with Gasteiger partial charge in [-0.3, -0.25) is 4.57 Å². The van der Waals surface area contributed by atoms with Crippen molar-refractivity contribution in [3.63, 3.8) is 0 Å². The van der Waals surface area contributed by atoms with Crippen molar-refractivity contribution in [2.75, 3.05) is 25.1 Å². The van der Waals surface area contributed by atoms with E-state index in [2.05, 4.69) is 15.5 Å². The molecule has 0 spiro atoms. The average Bonchev–Trinajstić information content (AvgIpc) is 3.13. The highest BCUT2D eigenvalue weighted by Gasteiger charge is 2.27. The second kappa shape index (κ2) is 8.36. The maximum absolute atomic E-state index is 13.3. The molecule has 0 amide bonds. The molecule has 7 nitrogen and oxygen atoms in total. The molecule has 0 unspecified atom stereocenters. The quantitative estimate of drug-likeness (QED) is 0.636. The number of aromatic nitrogens is 3. The highest BCUT2D eigenvalue weighted by Crippen LogP contribution is 2.34. The summed E-state index contributed by atoms with van der Waals surface area (Å²) in [5.74, 6) is 1.39. The van der Waals surface area contributed by atoms with Gasteiger partial charge in [-0.1, -0.05) is 23.7 Å². The van der Waals surface area contributed by atoms with Crippen LogP contribution in [0.1, 0.15) is 23.0 Å². The Morgan fingerprint density at radius 1 is 1.31 bits per heavy atom. The van der Waals surface area contributed by atoms with Crippen molar-refractivity contribution < 1.29 is 19.0 Å². The first-order valence-corrected chi connectivity index (χ1v) is 9.52. The molecule has 0 saturated carbocycles. The summed E-state index contributed by atoms with van der Waals surface area (Å²) < 4.78 is 26.5. The number of halogens is 2. The molecule has 1 aromatic heterocycles. The molecular weight excluding hydrogens is 399 g/mol. The van der Waals surface area contributed by atoms with Gasteiger partial charge in [-0.2, -0.15) is 0 Å². The molecule has 0 radical (unpaired) electrons. The minimum Gasteiger partial charge on any atom is -0.490 e. The molecule has 1 aliphatic rings. The van der Waals surface area contributed by atoms with E-state index in [0.29, 0.717) is 35.8 Å². The van der Waals surface area contributed by atoms with E-state index < -0.39 is 0 Å². The van der Waals surface area contributed by atoms with Crippen LogP contribution in [0.25, 0.3) is 0 Å². The summed E-state index contributed by atoms with van der Waals surface area (Å²) in [6.07, 6.45) is 0. The number of benzene rings is 2. The molecule has 152 valence electrons. The van der Waals surface area contributed by atoms with Crippen molar-refractivity contribution in [3.05, 3.63) is 64.2 Å². The molecular formula is C20H20ClFN4O3. The standard InChI is InChI=1S/C20H20ClFN4O3/c1-12-8-15(21)18(29-7-6-27)9-16(12)23-20-25-24-19-11-28-10-17(26(19)20)13-2-4-14(22)5-3-13/h2-5,8-9,17,27H,6-7,10-11H2,1H3,(H,23,25)/t17-/m0/s1. The minimum atomic E-state index is -0.292. The Labute approximate surface area is 172 Å². The van der Waals surface area contributed by atoms with Gasteiger partial charge in [-0.15, -0.1) is 10.2 Å². The van der Waals surface area contributed by atoms with Gasteiger partial charge >= 0.3 is 0 Å². The van der Waals surface area contributed by atoms with Crippen LogP contribution in [0.2, 0.25) is 5.02 Å². The van der Waals surface area contributed by atoms with Gasteiger partial charge in [-0.05, 0) is 36.2 Å². The van der Waals surface area contributed by atoms with Crippen LogP contribution in [0.4, 0.5) is 16.0 Å².